The maximum Gasteiger partial charge on any atom is 0.323 e. The largest absolute Gasteiger partial charge is 0.497 e. The summed E-state index contributed by atoms with van der Waals surface area (Å²) in [4.78, 5) is 26.6. The normalized spacial score (nSPS) is 22.1. The zero-order chi connectivity index (χ0) is 20.1. The Hall–Kier alpha value is -2.74. The highest BCUT2D eigenvalue weighted by Crippen LogP contribution is 2.58. The van der Waals surface area contributed by atoms with Gasteiger partial charge in [-0.05, 0) is 50.2 Å². The lowest BCUT2D eigenvalue weighted by atomic mass is 10.0. The van der Waals surface area contributed by atoms with Crippen LogP contribution in [-0.4, -0.2) is 35.2 Å². The predicted molar refractivity (Wildman–Crippen MR) is 107 cm³/mol. The standard InChI is InChI=1S/C20H20FN3O3S/c1-19(2)11-24(18(26)22-13-6-4-5-12(21)9-13)20(28-19)15-10-14(27-3)7-8-16(15)23-17(20)25/h4-10H,11H2,1-3H3,(H,22,26)(H,23,25)/t20-/m0/s1. The van der Waals surface area contributed by atoms with Gasteiger partial charge < -0.3 is 15.4 Å². The van der Waals surface area contributed by atoms with Gasteiger partial charge in [0.25, 0.3) is 5.91 Å². The number of nitrogens with one attached hydrogen (secondary N) is 2. The molecule has 1 fully saturated rings. The molecule has 4 rings (SSSR count). The number of methoxy groups -OCH3 is 1. The highest BCUT2D eigenvalue weighted by Gasteiger charge is 2.61. The van der Waals surface area contributed by atoms with E-state index in [-0.39, 0.29) is 10.7 Å². The van der Waals surface area contributed by atoms with Crippen LogP contribution in [0.25, 0.3) is 0 Å². The summed E-state index contributed by atoms with van der Waals surface area (Å²) in [5.41, 5.74) is 1.67. The number of hydrogen-bond donors (Lipinski definition) is 2. The highest BCUT2D eigenvalue weighted by molar-refractivity contribution is 8.02. The Balaban J connectivity index is 1.77. The van der Waals surface area contributed by atoms with E-state index in [1.165, 1.54) is 34.9 Å². The first-order valence-corrected chi connectivity index (χ1v) is 9.61. The molecule has 6 nitrogen and oxygen atoms in total. The number of carbonyl (C=O) groups is 2. The number of anilines is 2. The van der Waals surface area contributed by atoms with E-state index in [0.717, 1.165) is 0 Å². The molecule has 2 aliphatic rings. The molecule has 0 saturated carbocycles. The number of hydrogen-bond acceptors (Lipinski definition) is 4. The number of nitrogens with zero attached hydrogens (tertiary/aromatic N) is 1. The minimum absolute atomic E-state index is 0.277. The van der Waals surface area contributed by atoms with Crippen molar-refractivity contribution in [1.82, 2.24) is 4.90 Å². The first-order valence-electron chi connectivity index (χ1n) is 8.79. The van der Waals surface area contributed by atoms with Crippen LogP contribution >= 0.6 is 11.8 Å². The molecule has 8 heteroatoms. The van der Waals surface area contributed by atoms with Gasteiger partial charge in [0.2, 0.25) is 0 Å². The highest BCUT2D eigenvalue weighted by atomic mass is 32.2. The lowest BCUT2D eigenvalue weighted by Crippen LogP contribution is -2.49. The molecular formula is C20H20FN3O3S. The predicted octanol–water partition coefficient (Wildman–Crippen LogP) is 4.00. The van der Waals surface area contributed by atoms with Crippen molar-refractivity contribution in [3.63, 3.8) is 0 Å². The van der Waals surface area contributed by atoms with Crippen LogP contribution in [0.5, 0.6) is 5.75 Å². The molecule has 2 N–H and O–H groups in total. The number of carbonyl (C=O) groups excluding carboxylic acids is 2. The van der Waals surface area contributed by atoms with Crippen molar-refractivity contribution in [2.24, 2.45) is 0 Å². The monoisotopic (exact) mass is 401 g/mol. The van der Waals surface area contributed by atoms with Gasteiger partial charge in [-0.1, -0.05) is 6.07 Å². The third-order valence-corrected chi connectivity index (χ3v) is 6.41. The van der Waals surface area contributed by atoms with Crippen LogP contribution in [0, 0.1) is 5.82 Å². The van der Waals surface area contributed by atoms with E-state index >= 15 is 0 Å². The van der Waals surface area contributed by atoms with E-state index in [9.17, 15) is 14.0 Å². The number of fused-ring (bicyclic) bond motifs is 2. The number of halogens is 1. The van der Waals surface area contributed by atoms with Crippen molar-refractivity contribution in [3.05, 3.63) is 53.8 Å². The van der Waals surface area contributed by atoms with E-state index in [2.05, 4.69) is 10.6 Å². The SMILES string of the molecule is COc1ccc2c(c1)[C@]1(SC(C)(C)CN1C(=O)Nc1cccc(F)c1)C(=O)N2. The molecule has 2 aromatic carbocycles. The third-order valence-electron chi connectivity index (χ3n) is 4.81. The molecule has 0 radical (unpaired) electrons. The molecule has 1 saturated heterocycles. The molecule has 2 aliphatic heterocycles. The average molecular weight is 401 g/mol. The topological polar surface area (TPSA) is 70.7 Å². The summed E-state index contributed by atoms with van der Waals surface area (Å²) >= 11 is 1.42. The van der Waals surface area contributed by atoms with Crippen molar-refractivity contribution in [3.8, 4) is 5.75 Å². The van der Waals surface area contributed by atoms with E-state index in [1.807, 2.05) is 13.8 Å². The Morgan fingerprint density at radius 3 is 2.79 bits per heavy atom. The number of rotatable bonds is 2. The Morgan fingerprint density at radius 2 is 2.07 bits per heavy atom. The smallest absolute Gasteiger partial charge is 0.323 e. The van der Waals surface area contributed by atoms with Crippen molar-refractivity contribution in [2.45, 2.75) is 23.5 Å². The zero-order valence-corrected chi connectivity index (χ0v) is 16.5. The summed E-state index contributed by atoms with van der Waals surface area (Å²) in [7, 11) is 1.55. The number of benzene rings is 2. The Bertz CT molecular complexity index is 981. The van der Waals surface area contributed by atoms with Gasteiger partial charge in [-0.3, -0.25) is 9.69 Å². The fourth-order valence-electron chi connectivity index (χ4n) is 3.69. The van der Waals surface area contributed by atoms with Gasteiger partial charge in [-0.25, -0.2) is 9.18 Å². The minimum Gasteiger partial charge on any atom is -0.497 e. The average Bonchev–Trinajstić information content (AvgIpc) is 3.08. The lowest BCUT2D eigenvalue weighted by Gasteiger charge is -2.32. The van der Waals surface area contributed by atoms with Crippen molar-refractivity contribution < 1.29 is 18.7 Å². The Labute approximate surface area is 166 Å². The maximum atomic E-state index is 13.5. The number of thioether (sulfide) groups is 1. The summed E-state index contributed by atoms with van der Waals surface area (Å²) in [6.45, 7) is 4.32. The molecule has 1 spiro atoms. The fraction of sp³-hybridized carbons (Fsp3) is 0.300. The van der Waals surface area contributed by atoms with Crippen LogP contribution in [0.15, 0.2) is 42.5 Å². The van der Waals surface area contributed by atoms with Crippen molar-refractivity contribution in [1.29, 1.82) is 0 Å². The van der Waals surface area contributed by atoms with Gasteiger partial charge in [-0.2, -0.15) is 0 Å². The van der Waals surface area contributed by atoms with Gasteiger partial charge in [0.05, 0.1) is 7.11 Å². The minimum atomic E-state index is -1.22. The first kappa shape index (κ1) is 18.6. The number of urea groups is 1. The number of amides is 3. The second-order valence-electron chi connectivity index (χ2n) is 7.40. The van der Waals surface area contributed by atoms with Gasteiger partial charge >= 0.3 is 6.03 Å². The van der Waals surface area contributed by atoms with E-state index < -0.39 is 16.7 Å². The summed E-state index contributed by atoms with van der Waals surface area (Å²) in [6, 6.07) is 10.5. The van der Waals surface area contributed by atoms with Gasteiger partial charge in [0.15, 0.2) is 4.87 Å². The van der Waals surface area contributed by atoms with Gasteiger partial charge in [0.1, 0.15) is 11.6 Å². The van der Waals surface area contributed by atoms with Crippen LogP contribution in [0.1, 0.15) is 19.4 Å². The molecule has 0 bridgehead atoms. The number of ether oxygens (including phenoxy) is 1. The second-order valence-corrected chi connectivity index (χ2v) is 9.30. The first-order chi connectivity index (χ1) is 13.2. The van der Waals surface area contributed by atoms with Crippen LogP contribution in [-0.2, 0) is 9.67 Å². The molecule has 1 atom stereocenters. The van der Waals surface area contributed by atoms with E-state index in [4.69, 9.17) is 4.74 Å². The third kappa shape index (κ3) is 2.88. The van der Waals surface area contributed by atoms with Gasteiger partial charge in [-0.15, -0.1) is 11.8 Å². The van der Waals surface area contributed by atoms with Crippen molar-refractivity contribution >= 4 is 35.1 Å². The Kier molecular flexibility index (Phi) is 4.26. The Morgan fingerprint density at radius 1 is 1.29 bits per heavy atom. The molecule has 28 heavy (non-hydrogen) atoms. The molecule has 146 valence electrons. The summed E-state index contributed by atoms with van der Waals surface area (Å²) in [5, 5.41) is 5.60. The second kappa shape index (κ2) is 6.41. The maximum absolute atomic E-state index is 13.5. The zero-order valence-electron chi connectivity index (χ0n) is 15.7. The molecule has 0 aromatic heterocycles. The molecule has 2 heterocycles. The molecule has 2 aromatic rings. The van der Waals surface area contributed by atoms with E-state index in [1.54, 1.807) is 31.4 Å². The lowest BCUT2D eigenvalue weighted by molar-refractivity contribution is -0.121. The molecule has 3 amide bonds. The van der Waals surface area contributed by atoms with Crippen LogP contribution in [0.4, 0.5) is 20.6 Å². The molecular weight excluding hydrogens is 381 g/mol. The van der Waals surface area contributed by atoms with Crippen LogP contribution in [0.2, 0.25) is 0 Å². The van der Waals surface area contributed by atoms with E-state index in [0.29, 0.717) is 29.2 Å². The van der Waals surface area contributed by atoms with Crippen LogP contribution < -0.4 is 15.4 Å². The van der Waals surface area contributed by atoms with Gasteiger partial charge in [0, 0.05) is 28.2 Å². The summed E-state index contributed by atoms with van der Waals surface area (Å²) in [6.07, 6.45) is 0. The van der Waals surface area contributed by atoms with Crippen molar-refractivity contribution in [2.75, 3.05) is 24.3 Å². The molecule has 0 aliphatic carbocycles. The summed E-state index contributed by atoms with van der Waals surface area (Å²) < 4.78 is 18.5. The fourth-order valence-corrected chi connectivity index (χ4v) is 5.36. The molecule has 0 unspecified atom stereocenters. The summed E-state index contributed by atoms with van der Waals surface area (Å²) in [5.74, 6) is -0.122. The van der Waals surface area contributed by atoms with Crippen LogP contribution in [0.3, 0.4) is 0 Å². The quantitative estimate of drug-likeness (QED) is 0.798.